The van der Waals surface area contributed by atoms with Crippen molar-refractivity contribution in [2.24, 2.45) is 5.92 Å². The summed E-state index contributed by atoms with van der Waals surface area (Å²) in [7, 11) is 0. The maximum Gasteiger partial charge on any atom is 0.261 e. The summed E-state index contributed by atoms with van der Waals surface area (Å²) in [6.45, 7) is 1.44. The fourth-order valence-electron chi connectivity index (χ4n) is 3.79. The smallest absolute Gasteiger partial charge is 0.261 e. The first-order chi connectivity index (χ1) is 13.0. The summed E-state index contributed by atoms with van der Waals surface area (Å²) >= 11 is 0. The van der Waals surface area contributed by atoms with Crippen molar-refractivity contribution in [3.63, 3.8) is 0 Å². The minimum absolute atomic E-state index is 0.0444. The number of hydrogen-bond donors (Lipinski definition) is 1. The van der Waals surface area contributed by atoms with E-state index < -0.39 is 0 Å². The SMILES string of the molecule is O=C(CCN1C(=O)c2ccccc2C1=O)NC1CCN(C(=O)C2CC2)CC1. The zero-order chi connectivity index (χ0) is 19.0. The van der Waals surface area contributed by atoms with Crippen LogP contribution in [-0.2, 0) is 9.59 Å². The highest BCUT2D eigenvalue weighted by Gasteiger charge is 2.36. The molecule has 142 valence electrons. The van der Waals surface area contributed by atoms with Gasteiger partial charge >= 0.3 is 0 Å². The van der Waals surface area contributed by atoms with Crippen molar-refractivity contribution in [3.05, 3.63) is 35.4 Å². The third kappa shape index (κ3) is 3.59. The second-order valence-corrected chi connectivity index (χ2v) is 7.50. The van der Waals surface area contributed by atoms with Gasteiger partial charge in [0.1, 0.15) is 0 Å². The normalized spacial score (nSPS) is 20.0. The van der Waals surface area contributed by atoms with Gasteiger partial charge in [-0.3, -0.25) is 24.1 Å². The molecule has 0 aromatic heterocycles. The van der Waals surface area contributed by atoms with Gasteiger partial charge < -0.3 is 10.2 Å². The molecule has 1 aromatic carbocycles. The van der Waals surface area contributed by atoms with Crippen LogP contribution >= 0.6 is 0 Å². The molecule has 4 amide bonds. The standard InChI is InChI=1S/C20H23N3O4/c24-17(21-14-7-10-22(11-8-14)18(25)13-5-6-13)9-12-23-19(26)15-3-1-2-4-16(15)20(23)27/h1-4,13-14H,5-12H2,(H,21,24). The summed E-state index contributed by atoms with van der Waals surface area (Å²) in [4.78, 5) is 52.0. The number of piperidine rings is 1. The van der Waals surface area contributed by atoms with Crippen molar-refractivity contribution in [2.75, 3.05) is 19.6 Å². The molecule has 27 heavy (non-hydrogen) atoms. The first kappa shape index (κ1) is 17.7. The van der Waals surface area contributed by atoms with Crippen LogP contribution in [0.4, 0.5) is 0 Å². The van der Waals surface area contributed by atoms with Crippen LogP contribution in [0, 0.1) is 5.92 Å². The molecule has 1 saturated heterocycles. The van der Waals surface area contributed by atoms with E-state index in [1.165, 1.54) is 0 Å². The quantitative estimate of drug-likeness (QED) is 0.790. The number of carbonyl (C=O) groups excluding carboxylic acids is 4. The van der Waals surface area contributed by atoms with Gasteiger partial charge in [0.15, 0.2) is 0 Å². The highest BCUT2D eigenvalue weighted by Crippen LogP contribution is 2.31. The van der Waals surface area contributed by atoms with Crippen LogP contribution in [0.1, 0.15) is 52.8 Å². The zero-order valence-corrected chi connectivity index (χ0v) is 15.1. The van der Waals surface area contributed by atoms with E-state index in [-0.39, 0.29) is 48.6 Å². The number of imide groups is 1. The maximum atomic E-state index is 12.3. The van der Waals surface area contributed by atoms with Gasteiger partial charge in [-0.25, -0.2) is 0 Å². The minimum atomic E-state index is -0.338. The molecule has 0 radical (unpaired) electrons. The zero-order valence-electron chi connectivity index (χ0n) is 15.1. The van der Waals surface area contributed by atoms with E-state index in [2.05, 4.69) is 5.32 Å². The molecule has 1 aromatic rings. The van der Waals surface area contributed by atoms with Crippen LogP contribution in [-0.4, -0.2) is 59.1 Å². The number of carbonyl (C=O) groups is 4. The lowest BCUT2D eigenvalue weighted by atomic mass is 10.0. The molecule has 1 aliphatic carbocycles. The summed E-state index contributed by atoms with van der Waals surface area (Å²) in [5.41, 5.74) is 0.797. The van der Waals surface area contributed by atoms with Gasteiger partial charge in [-0.2, -0.15) is 0 Å². The largest absolute Gasteiger partial charge is 0.353 e. The van der Waals surface area contributed by atoms with Crippen molar-refractivity contribution in [1.29, 1.82) is 0 Å². The molecular formula is C20H23N3O4. The number of nitrogens with one attached hydrogen (secondary N) is 1. The van der Waals surface area contributed by atoms with E-state index in [0.29, 0.717) is 24.2 Å². The average molecular weight is 369 g/mol. The molecule has 3 aliphatic rings. The molecule has 1 saturated carbocycles. The summed E-state index contributed by atoms with van der Waals surface area (Å²) in [6.07, 6.45) is 3.60. The molecule has 1 N–H and O–H groups in total. The number of amides is 4. The Morgan fingerprint density at radius 3 is 2.11 bits per heavy atom. The number of fused-ring (bicyclic) bond motifs is 1. The van der Waals surface area contributed by atoms with E-state index in [9.17, 15) is 19.2 Å². The maximum absolute atomic E-state index is 12.3. The van der Waals surface area contributed by atoms with Gasteiger partial charge in [-0.1, -0.05) is 12.1 Å². The molecule has 0 unspecified atom stereocenters. The minimum Gasteiger partial charge on any atom is -0.353 e. The second-order valence-electron chi connectivity index (χ2n) is 7.50. The Labute approximate surface area is 157 Å². The molecule has 7 nitrogen and oxygen atoms in total. The Morgan fingerprint density at radius 1 is 0.963 bits per heavy atom. The van der Waals surface area contributed by atoms with Crippen molar-refractivity contribution in [2.45, 2.75) is 38.1 Å². The molecule has 0 bridgehead atoms. The Bertz CT molecular complexity index is 759. The average Bonchev–Trinajstić information content (AvgIpc) is 3.50. The highest BCUT2D eigenvalue weighted by molar-refractivity contribution is 6.21. The number of benzene rings is 1. The molecule has 4 rings (SSSR count). The van der Waals surface area contributed by atoms with E-state index in [0.717, 1.165) is 30.6 Å². The van der Waals surface area contributed by atoms with E-state index >= 15 is 0 Å². The van der Waals surface area contributed by atoms with Gasteiger partial charge in [0, 0.05) is 38.0 Å². The van der Waals surface area contributed by atoms with Crippen molar-refractivity contribution >= 4 is 23.6 Å². The van der Waals surface area contributed by atoms with Gasteiger partial charge in [-0.05, 0) is 37.8 Å². The first-order valence-corrected chi connectivity index (χ1v) is 9.58. The molecule has 2 aliphatic heterocycles. The fourth-order valence-corrected chi connectivity index (χ4v) is 3.79. The Hall–Kier alpha value is -2.70. The number of rotatable bonds is 5. The lowest BCUT2D eigenvalue weighted by Crippen LogP contribution is -2.47. The Kier molecular flexibility index (Phi) is 4.68. The van der Waals surface area contributed by atoms with E-state index in [4.69, 9.17) is 0 Å². The molecule has 2 heterocycles. The lowest BCUT2D eigenvalue weighted by molar-refractivity contribution is -0.133. The fraction of sp³-hybridized carbons (Fsp3) is 0.500. The lowest BCUT2D eigenvalue weighted by Gasteiger charge is -2.32. The Morgan fingerprint density at radius 2 is 1.56 bits per heavy atom. The van der Waals surface area contributed by atoms with Gasteiger partial charge in [0.2, 0.25) is 11.8 Å². The monoisotopic (exact) mass is 369 g/mol. The van der Waals surface area contributed by atoms with Crippen LogP contribution in [0.2, 0.25) is 0 Å². The van der Waals surface area contributed by atoms with Gasteiger partial charge in [0.05, 0.1) is 11.1 Å². The van der Waals surface area contributed by atoms with Crippen LogP contribution in [0.25, 0.3) is 0 Å². The third-order valence-electron chi connectivity index (χ3n) is 5.54. The van der Waals surface area contributed by atoms with Crippen molar-refractivity contribution in [3.8, 4) is 0 Å². The number of hydrogen-bond acceptors (Lipinski definition) is 4. The second kappa shape index (κ2) is 7.13. The third-order valence-corrected chi connectivity index (χ3v) is 5.54. The molecule has 2 fully saturated rings. The van der Waals surface area contributed by atoms with Crippen molar-refractivity contribution < 1.29 is 19.2 Å². The molecule has 0 atom stereocenters. The van der Waals surface area contributed by atoms with Crippen molar-refractivity contribution in [1.82, 2.24) is 15.1 Å². The van der Waals surface area contributed by atoms with E-state index in [1.807, 2.05) is 4.90 Å². The van der Waals surface area contributed by atoms with Crippen LogP contribution < -0.4 is 5.32 Å². The Balaban J connectivity index is 1.23. The number of likely N-dealkylation sites (tertiary alicyclic amines) is 1. The predicted molar refractivity (Wildman–Crippen MR) is 96.9 cm³/mol. The predicted octanol–water partition coefficient (Wildman–Crippen LogP) is 1.19. The molecule has 7 heteroatoms. The summed E-state index contributed by atoms with van der Waals surface area (Å²) in [5.74, 6) is -0.356. The van der Waals surface area contributed by atoms with Gasteiger partial charge in [-0.15, -0.1) is 0 Å². The van der Waals surface area contributed by atoms with E-state index in [1.54, 1.807) is 24.3 Å². The summed E-state index contributed by atoms with van der Waals surface area (Å²) in [6, 6.07) is 6.75. The van der Waals surface area contributed by atoms with Crippen LogP contribution in [0.3, 0.4) is 0 Å². The number of nitrogens with zero attached hydrogens (tertiary/aromatic N) is 2. The summed E-state index contributed by atoms with van der Waals surface area (Å²) in [5, 5.41) is 2.97. The van der Waals surface area contributed by atoms with Crippen LogP contribution in [0.15, 0.2) is 24.3 Å². The molecular weight excluding hydrogens is 346 g/mol. The first-order valence-electron chi connectivity index (χ1n) is 9.58. The summed E-state index contributed by atoms with van der Waals surface area (Å²) < 4.78 is 0. The molecule has 0 spiro atoms. The topological polar surface area (TPSA) is 86.8 Å². The van der Waals surface area contributed by atoms with Crippen LogP contribution in [0.5, 0.6) is 0 Å². The van der Waals surface area contributed by atoms with Gasteiger partial charge in [0.25, 0.3) is 11.8 Å². The highest BCUT2D eigenvalue weighted by atomic mass is 16.2.